The molecule has 0 saturated heterocycles. The van der Waals surface area contributed by atoms with Gasteiger partial charge in [0.2, 0.25) is 10.0 Å². The van der Waals surface area contributed by atoms with Gasteiger partial charge < -0.3 is 0 Å². The lowest BCUT2D eigenvalue weighted by atomic mass is 10.2. The van der Waals surface area contributed by atoms with Gasteiger partial charge >= 0.3 is 0 Å². The highest BCUT2D eigenvalue weighted by Crippen LogP contribution is 2.19. The highest BCUT2D eigenvalue weighted by molar-refractivity contribution is 9.10. The summed E-state index contributed by atoms with van der Waals surface area (Å²) in [6.45, 7) is 0.287. The summed E-state index contributed by atoms with van der Waals surface area (Å²) in [6, 6.07) is 10.4. The summed E-state index contributed by atoms with van der Waals surface area (Å²) in [6.07, 6.45) is 0. The number of hydrogen-bond acceptors (Lipinski definition) is 4. The Labute approximate surface area is 130 Å². The second-order valence-corrected chi connectivity index (χ2v) is 7.84. The van der Waals surface area contributed by atoms with Crippen LogP contribution in [0.25, 0.3) is 0 Å². The topological polar surface area (TPSA) is 70.0 Å². The molecule has 0 spiro atoms. The second kappa shape index (κ2) is 6.50. The van der Waals surface area contributed by atoms with Crippen LogP contribution in [0.2, 0.25) is 0 Å². The fourth-order valence-corrected chi connectivity index (χ4v) is 4.16. The van der Waals surface area contributed by atoms with E-state index in [1.54, 1.807) is 24.3 Å². The maximum Gasteiger partial charge on any atom is 0.216 e. The first-order chi connectivity index (χ1) is 9.48. The van der Waals surface area contributed by atoms with Gasteiger partial charge in [-0.25, -0.2) is 13.1 Å². The van der Waals surface area contributed by atoms with E-state index in [4.69, 9.17) is 5.26 Å². The van der Waals surface area contributed by atoms with Crippen molar-refractivity contribution in [1.29, 1.82) is 5.26 Å². The molecule has 1 aromatic carbocycles. The van der Waals surface area contributed by atoms with Crippen LogP contribution in [-0.2, 0) is 22.3 Å². The average molecular weight is 371 g/mol. The summed E-state index contributed by atoms with van der Waals surface area (Å²) in [7, 11) is -3.38. The van der Waals surface area contributed by atoms with Gasteiger partial charge in [0.1, 0.15) is 0 Å². The second-order valence-electron chi connectivity index (χ2n) is 4.12. The van der Waals surface area contributed by atoms with Crippen LogP contribution in [0.1, 0.15) is 16.0 Å². The predicted molar refractivity (Wildman–Crippen MR) is 82.6 cm³/mol. The molecule has 104 valence electrons. The van der Waals surface area contributed by atoms with Crippen molar-refractivity contribution in [3.05, 3.63) is 56.2 Å². The maximum atomic E-state index is 12.0. The van der Waals surface area contributed by atoms with Crippen molar-refractivity contribution in [3.63, 3.8) is 0 Å². The Hall–Kier alpha value is -1.20. The third-order valence-electron chi connectivity index (χ3n) is 2.53. The van der Waals surface area contributed by atoms with Gasteiger partial charge in [-0.2, -0.15) is 5.26 Å². The van der Waals surface area contributed by atoms with E-state index in [1.165, 1.54) is 11.3 Å². The fourth-order valence-electron chi connectivity index (χ4n) is 1.57. The van der Waals surface area contributed by atoms with Crippen molar-refractivity contribution in [2.24, 2.45) is 0 Å². The van der Waals surface area contributed by atoms with Crippen molar-refractivity contribution in [2.75, 3.05) is 0 Å². The third-order valence-corrected chi connectivity index (χ3v) is 5.52. The maximum absolute atomic E-state index is 12.0. The van der Waals surface area contributed by atoms with E-state index >= 15 is 0 Å². The Morgan fingerprint density at radius 1 is 1.30 bits per heavy atom. The molecule has 0 amide bonds. The zero-order chi connectivity index (χ0) is 14.6. The normalized spacial score (nSPS) is 11.2. The number of thiophene rings is 1. The summed E-state index contributed by atoms with van der Waals surface area (Å²) in [5.74, 6) is -0.0920. The first kappa shape index (κ1) is 15.2. The molecule has 0 aliphatic carbocycles. The minimum Gasteiger partial charge on any atom is -0.212 e. The van der Waals surface area contributed by atoms with Gasteiger partial charge in [0.05, 0.1) is 17.4 Å². The van der Waals surface area contributed by atoms with Crippen LogP contribution in [0.15, 0.2) is 40.2 Å². The Kier molecular flexibility index (Phi) is 4.94. The van der Waals surface area contributed by atoms with Crippen LogP contribution in [0.5, 0.6) is 0 Å². The van der Waals surface area contributed by atoms with Gasteiger partial charge in [-0.3, -0.25) is 0 Å². The van der Waals surface area contributed by atoms with Gasteiger partial charge in [-0.1, -0.05) is 12.1 Å². The molecule has 1 N–H and O–H groups in total. The molecule has 0 atom stereocenters. The fraction of sp³-hybridized carbons (Fsp3) is 0.154. The molecule has 4 nitrogen and oxygen atoms in total. The van der Waals surface area contributed by atoms with Crippen molar-refractivity contribution < 1.29 is 8.42 Å². The van der Waals surface area contributed by atoms with E-state index in [1.807, 2.05) is 17.5 Å². The molecule has 7 heteroatoms. The van der Waals surface area contributed by atoms with Crippen LogP contribution in [-0.4, -0.2) is 8.42 Å². The molecule has 0 aliphatic rings. The largest absolute Gasteiger partial charge is 0.216 e. The average Bonchev–Trinajstić information content (AvgIpc) is 2.83. The molecule has 20 heavy (non-hydrogen) atoms. The van der Waals surface area contributed by atoms with E-state index in [0.29, 0.717) is 11.1 Å². The molecule has 0 bridgehead atoms. The molecular weight excluding hydrogens is 360 g/mol. The standard InChI is InChI=1S/C13H11BrN2O2S2/c14-12-5-13(19-8-12)7-16-20(17,18)9-11-3-1-10(6-15)2-4-11/h1-5,8,16H,7,9H2. The van der Waals surface area contributed by atoms with Crippen LogP contribution in [0, 0.1) is 11.3 Å². The summed E-state index contributed by atoms with van der Waals surface area (Å²) in [4.78, 5) is 0.945. The number of nitrogens with zero attached hydrogens (tertiary/aromatic N) is 1. The van der Waals surface area contributed by atoms with Crippen LogP contribution < -0.4 is 4.72 Å². The lowest BCUT2D eigenvalue weighted by Crippen LogP contribution is -2.24. The summed E-state index contributed by atoms with van der Waals surface area (Å²) < 4.78 is 27.4. The number of hydrogen-bond donors (Lipinski definition) is 1. The first-order valence-electron chi connectivity index (χ1n) is 5.68. The summed E-state index contributed by atoms with van der Waals surface area (Å²) >= 11 is 4.82. The van der Waals surface area contributed by atoms with Crippen LogP contribution in [0.3, 0.4) is 0 Å². The Balaban J connectivity index is 1.98. The zero-order valence-corrected chi connectivity index (χ0v) is 13.6. The van der Waals surface area contributed by atoms with Crippen molar-refractivity contribution in [3.8, 4) is 6.07 Å². The molecule has 2 aromatic rings. The molecule has 0 saturated carbocycles. The number of rotatable bonds is 5. The van der Waals surface area contributed by atoms with E-state index < -0.39 is 10.0 Å². The SMILES string of the molecule is N#Cc1ccc(CS(=O)(=O)NCc2cc(Br)cs2)cc1. The highest BCUT2D eigenvalue weighted by Gasteiger charge is 2.12. The number of halogens is 1. The molecule has 0 fully saturated rings. The number of nitriles is 1. The van der Waals surface area contributed by atoms with Crippen molar-refractivity contribution >= 4 is 37.3 Å². The lowest BCUT2D eigenvalue weighted by Gasteiger charge is -2.05. The Morgan fingerprint density at radius 3 is 2.55 bits per heavy atom. The van der Waals surface area contributed by atoms with Gasteiger partial charge in [0, 0.05) is 21.3 Å². The summed E-state index contributed by atoms with van der Waals surface area (Å²) in [5, 5.41) is 10.6. The molecule has 0 unspecified atom stereocenters. The quantitative estimate of drug-likeness (QED) is 0.879. The molecule has 0 radical (unpaired) electrons. The van der Waals surface area contributed by atoms with Gasteiger partial charge in [-0.15, -0.1) is 11.3 Å². The van der Waals surface area contributed by atoms with E-state index in [9.17, 15) is 8.42 Å². The number of benzene rings is 1. The molecule has 0 aliphatic heterocycles. The monoisotopic (exact) mass is 370 g/mol. The predicted octanol–water partition coefficient (Wildman–Crippen LogP) is 3.00. The molecule has 1 aromatic heterocycles. The van der Waals surface area contributed by atoms with Crippen molar-refractivity contribution in [2.45, 2.75) is 12.3 Å². The minimum atomic E-state index is -3.38. The Morgan fingerprint density at radius 2 is 2.00 bits per heavy atom. The first-order valence-corrected chi connectivity index (χ1v) is 9.00. The van der Waals surface area contributed by atoms with E-state index in [-0.39, 0.29) is 12.3 Å². The zero-order valence-electron chi connectivity index (χ0n) is 10.3. The van der Waals surface area contributed by atoms with Gasteiger partial charge in [-0.05, 0) is 39.7 Å². The van der Waals surface area contributed by atoms with Gasteiger partial charge in [0.25, 0.3) is 0 Å². The number of nitrogens with one attached hydrogen (secondary N) is 1. The van der Waals surface area contributed by atoms with E-state index in [2.05, 4.69) is 20.7 Å². The van der Waals surface area contributed by atoms with Crippen molar-refractivity contribution in [1.82, 2.24) is 4.72 Å². The lowest BCUT2D eigenvalue weighted by molar-refractivity contribution is 0.581. The molecular formula is C13H11BrN2O2S2. The number of sulfonamides is 1. The third kappa shape index (κ3) is 4.42. The minimum absolute atomic E-state index is 0.0920. The molecule has 1 heterocycles. The summed E-state index contributed by atoms with van der Waals surface area (Å²) in [5.41, 5.74) is 1.17. The van der Waals surface area contributed by atoms with Crippen LogP contribution >= 0.6 is 27.3 Å². The van der Waals surface area contributed by atoms with E-state index in [0.717, 1.165) is 9.35 Å². The smallest absolute Gasteiger partial charge is 0.212 e. The van der Waals surface area contributed by atoms with Crippen LogP contribution in [0.4, 0.5) is 0 Å². The van der Waals surface area contributed by atoms with Gasteiger partial charge in [0.15, 0.2) is 0 Å². The molecule has 2 rings (SSSR count). The Bertz CT molecular complexity index is 730. The highest BCUT2D eigenvalue weighted by atomic mass is 79.9.